The Balaban J connectivity index is 4.15. The molecule has 1 unspecified atom stereocenters. The van der Waals surface area contributed by atoms with Crippen molar-refractivity contribution in [3.63, 3.8) is 0 Å². The molecular weight excluding hydrogens is 303 g/mol. The predicted octanol–water partition coefficient (Wildman–Crippen LogP) is 4.00. The minimum atomic E-state index is -1.51. The third kappa shape index (κ3) is 4.19. The first-order chi connectivity index (χ1) is 6.23. The molecule has 1 N–H and O–H groups in total. The van der Waals surface area contributed by atoms with Gasteiger partial charge in [-0.1, -0.05) is 62.9 Å². The van der Waals surface area contributed by atoms with Crippen LogP contribution in [-0.4, -0.2) is 23.3 Å². The minimum absolute atomic E-state index is 0.0366. The third-order valence-electron chi connectivity index (χ3n) is 3.63. The maximum atomic E-state index is 10.2. The number of aliphatic hydroxyl groups is 1. The molecule has 0 saturated heterocycles. The van der Waals surface area contributed by atoms with E-state index in [9.17, 15) is 5.11 Å². The largest absolute Gasteiger partial charge is 0.397 e. The van der Waals surface area contributed by atoms with E-state index >= 15 is 0 Å². The van der Waals surface area contributed by atoms with Crippen LogP contribution in [0.1, 0.15) is 40.0 Å². The van der Waals surface area contributed by atoms with Crippen LogP contribution in [0.2, 0.25) is 18.1 Å². The summed E-state index contributed by atoms with van der Waals surface area (Å²) in [5.41, 5.74) is -0.0366. The molecule has 86 valence electrons. The van der Waals surface area contributed by atoms with E-state index in [1.165, 1.54) is 17.3 Å². The molecule has 0 aromatic carbocycles. The maximum absolute atomic E-state index is 10.2. The summed E-state index contributed by atoms with van der Waals surface area (Å²) in [5, 5.41) is 10.5. The Bertz CT molecular complexity index is 163. The molecule has 3 heteroatoms. The summed E-state index contributed by atoms with van der Waals surface area (Å²) >= 11 is 2.40. The Morgan fingerprint density at radius 1 is 1.21 bits per heavy atom. The van der Waals surface area contributed by atoms with Gasteiger partial charge in [-0.2, -0.15) is 0 Å². The summed E-state index contributed by atoms with van der Waals surface area (Å²) in [6.45, 7) is 11.4. The van der Waals surface area contributed by atoms with Crippen LogP contribution in [-0.2, 0) is 0 Å². The molecule has 0 aliphatic carbocycles. The Morgan fingerprint density at radius 3 is 2.07 bits per heavy atom. The fraction of sp³-hybridized carbons (Fsp3) is 1.00. The SMILES string of the molecule is CC(C)(C)[Si](C)(C)C(O)CCCCI. The molecule has 0 aliphatic heterocycles. The van der Waals surface area contributed by atoms with Crippen LogP contribution in [0.3, 0.4) is 0 Å². The normalized spacial score (nSPS) is 15.6. The van der Waals surface area contributed by atoms with Gasteiger partial charge in [0.25, 0.3) is 0 Å². The van der Waals surface area contributed by atoms with Crippen molar-refractivity contribution in [3.8, 4) is 0 Å². The summed E-state index contributed by atoms with van der Waals surface area (Å²) < 4.78 is 1.21. The second-order valence-electron chi connectivity index (χ2n) is 5.67. The molecular formula is C11H25IOSi. The Morgan fingerprint density at radius 2 is 1.71 bits per heavy atom. The number of alkyl halides is 1. The van der Waals surface area contributed by atoms with Crippen molar-refractivity contribution >= 4 is 30.7 Å². The van der Waals surface area contributed by atoms with Crippen molar-refractivity contribution < 1.29 is 5.11 Å². The lowest BCUT2D eigenvalue weighted by atomic mass is 10.2. The smallest absolute Gasteiger partial charge is 0.0864 e. The van der Waals surface area contributed by atoms with Gasteiger partial charge >= 0.3 is 0 Å². The lowest BCUT2D eigenvalue weighted by molar-refractivity contribution is 0.223. The highest BCUT2D eigenvalue weighted by Gasteiger charge is 2.40. The number of halogens is 1. The van der Waals surface area contributed by atoms with Gasteiger partial charge in [-0.25, -0.2) is 0 Å². The van der Waals surface area contributed by atoms with E-state index < -0.39 is 8.07 Å². The molecule has 14 heavy (non-hydrogen) atoms. The van der Waals surface area contributed by atoms with Crippen LogP contribution in [0.15, 0.2) is 0 Å². The fourth-order valence-corrected chi connectivity index (χ4v) is 3.76. The van der Waals surface area contributed by atoms with Gasteiger partial charge in [-0.05, 0) is 22.3 Å². The quantitative estimate of drug-likeness (QED) is 0.350. The van der Waals surface area contributed by atoms with Crippen LogP contribution in [0.5, 0.6) is 0 Å². The van der Waals surface area contributed by atoms with Gasteiger partial charge in [-0.3, -0.25) is 0 Å². The summed E-state index contributed by atoms with van der Waals surface area (Å²) in [6, 6.07) is 0. The zero-order valence-corrected chi connectivity index (χ0v) is 13.4. The molecule has 0 heterocycles. The summed E-state index contributed by atoms with van der Waals surface area (Å²) in [4.78, 5) is 0. The minimum Gasteiger partial charge on any atom is -0.397 e. The standard InChI is InChI=1S/C11H25IOSi/c1-11(2,3)14(4,5)10(13)8-6-7-9-12/h10,13H,6-9H2,1-5H3. The van der Waals surface area contributed by atoms with E-state index in [-0.39, 0.29) is 5.73 Å². The Hall–Kier alpha value is 0.907. The zero-order valence-electron chi connectivity index (χ0n) is 10.2. The summed E-state index contributed by atoms with van der Waals surface area (Å²) in [5.74, 6) is 0. The first-order valence-electron chi connectivity index (χ1n) is 5.47. The molecule has 0 bridgehead atoms. The Kier molecular flexibility index (Phi) is 6.22. The molecule has 1 atom stereocenters. The molecule has 0 aromatic rings. The fourth-order valence-electron chi connectivity index (χ4n) is 1.29. The van der Waals surface area contributed by atoms with Gasteiger partial charge in [0, 0.05) is 5.73 Å². The van der Waals surface area contributed by atoms with Crippen LogP contribution in [0, 0.1) is 0 Å². The van der Waals surface area contributed by atoms with Gasteiger partial charge < -0.3 is 5.11 Å². The molecule has 1 nitrogen and oxygen atoms in total. The number of aliphatic hydroxyl groups excluding tert-OH is 1. The van der Waals surface area contributed by atoms with E-state index in [2.05, 4.69) is 56.5 Å². The van der Waals surface area contributed by atoms with Crippen LogP contribution < -0.4 is 0 Å². The van der Waals surface area contributed by atoms with E-state index in [1.54, 1.807) is 0 Å². The second kappa shape index (κ2) is 5.85. The van der Waals surface area contributed by atoms with Gasteiger partial charge in [-0.15, -0.1) is 0 Å². The lowest BCUT2D eigenvalue weighted by Gasteiger charge is -2.40. The monoisotopic (exact) mass is 328 g/mol. The Labute approximate surface area is 104 Å². The molecule has 0 saturated carbocycles. The van der Waals surface area contributed by atoms with Gasteiger partial charge in [0.2, 0.25) is 0 Å². The first-order valence-corrected chi connectivity index (χ1v) is 10.1. The van der Waals surface area contributed by atoms with E-state index in [0.717, 1.165) is 6.42 Å². The van der Waals surface area contributed by atoms with E-state index in [4.69, 9.17) is 0 Å². The molecule has 0 rings (SSSR count). The summed E-state index contributed by atoms with van der Waals surface area (Å²) in [7, 11) is -1.51. The van der Waals surface area contributed by atoms with Gasteiger partial charge in [0.1, 0.15) is 0 Å². The third-order valence-corrected chi connectivity index (χ3v) is 10.2. The van der Waals surface area contributed by atoms with Crippen LogP contribution in [0.4, 0.5) is 0 Å². The topological polar surface area (TPSA) is 20.2 Å². The van der Waals surface area contributed by atoms with Gasteiger partial charge in [0.05, 0.1) is 8.07 Å². The molecule has 0 spiro atoms. The van der Waals surface area contributed by atoms with Crippen molar-refractivity contribution in [2.45, 2.75) is 63.9 Å². The van der Waals surface area contributed by atoms with Crippen molar-refractivity contribution in [1.82, 2.24) is 0 Å². The second-order valence-corrected chi connectivity index (χ2v) is 12.4. The average molecular weight is 328 g/mol. The van der Waals surface area contributed by atoms with E-state index in [0.29, 0.717) is 5.04 Å². The van der Waals surface area contributed by atoms with Crippen molar-refractivity contribution in [2.24, 2.45) is 0 Å². The van der Waals surface area contributed by atoms with E-state index in [1.807, 2.05) is 0 Å². The molecule has 0 fully saturated rings. The average Bonchev–Trinajstić information content (AvgIpc) is 2.02. The number of hydrogen-bond donors (Lipinski definition) is 1. The molecule has 0 amide bonds. The number of rotatable bonds is 5. The van der Waals surface area contributed by atoms with Gasteiger partial charge in [0.15, 0.2) is 0 Å². The maximum Gasteiger partial charge on any atom is 0.0864 e. The highest BCUT2D eigenvalue weighted by atomic mass is 127. The van der Waals surface area contributed by atoms with Crippen molar-refractivity contribution in [3.05, 3.63) is 0 Å². The lowest BCUT2D eigenvalue weighted by Crippen LogP contribution is -2.49. The highest BCUT2D eigenvalue weighted by Crippen LogP contribution is 2.39. The number of hydrogen-bond acceptors (Lipinski definition) is 1. The van der Waals surface area contributed by atoms with Crippen LogP contribution in [0.25, 0.3) is 0 Å². The van der Waals surface area contributed by atoms with Crippen LogP contribution >= 0.6 is 22.6 Å². The first kappa shape index (κ1) is 14.9. The predicted molar refractivity (Wildman–Crippen MR) is 75.9 cm³/mol. The summed E-state index contributed by atoms with van der Waals surface area (Å²) in [6.07, 6.45) is 3.42. The van der Waals surface area contributed by atoms with Crippen molar-refractivity contribution in [1.29, 1.82) is 0 Å². The molecule has 0 aromatic heterocycles. The highest BCUT2D eigenvalue weighted by molar-refractivity contribution is 14.1. The number of unbranched alkanes of at least 4 members (excludes halogenated alkanes) is 1. The molecule has 0 radical (unpaired) electrons. The van der Waals surface area contributed by atoms with Crippen molar-refractivity contribution in [2.75, 3.05) is 4.43 Å². The molecule has 0 aliphatic rings. The zero-order chi connectivity index (χ0) is 11.4.